The Morgan fingerprint density at radius 3 is 2.85 bits per heavy atom. The quantitative estimate of drug-likeness (QED) is 0.642. The van der Waals surface area contributed by atoms with Gasteiger partial charge in [-0.1, -0.05) is 0 Å². The fourth-order valence-corrected chi connectivity index (χ4v) is 1.88. The lowest BCUT2D eigenvalue weighted by atomic mass is 10.1. The molecule has 0 radical (unpaired) electrons. The Hall–Kier alpha value is -0.830. The van der Waals surface area contributed by atoms with Crippen LogP contribution < -0.4 is 4.90 Å². The molecule has 1 saturated heterocycles. The summed E-state index contributed by atoms with van der Waals surface area (Å²) in [6, 6.07) is 1.83. The smallest absolute Gasteiger partial charge is 0.225 e. The number of nitrogens with zero attached hydrogens (tertiary/aromatic N) is 3. The van der Waals surface area contributed by atoms with Gasteiger partial charge in [0.2, 0.25) is 5.95 Å². The third kappa shape index (κ3) is 2.10. The molecule has 1 unspecified atom stereocenters. The maximum atomic E-state index is 6.06. The molecule has 1 aliphatic rings. The molecule has 4 heteroatoms. The number of aromatic nitrogens is 2. The van der Waals surface area contributed by atoms with Crippen LogP contribution in [-0.2, 0) is 0 Å². The Labute approximate surface area is 82.8 Å². The summed E-state index contributed by atoms with van der Waals surface area (Å²) in [6.45, 7) is 1.89. The number of hydrogen-bond acceptors (Lipinski definition) is 3. The summed E-state index contributed by atoms with van der Waals surface area (Å²) < 4.78 is 0. The Bertz CT molecular complexity index is 265. The van der Waals surface area contributed by atoms with Gasteiger partial charge in [0.1, 0.15) is 0 Å². The summed E-state index contributed by atoms with van der Waals surface area (Å²) in [5, 5.41) is 0.248. The van der Waals surface area contributed by atoms with Crippen LogP contribution in [0.25, 0.3) is 0 Å². The SMILES string of the molecule is ClC1CCCN(c2ncccn2)C1. The number of piperidine rings is 1. The molecule has 3 nitrogen and oxygen atoms in total. The highest BCUT2D eigenvalue weighted by Crippen LogP contribution is 2.18. The molecule has 13 heavy (non-hydrogen) atoms. The number of anilines is 1. The summed E-state index contributed by atoms with van der Waals surface area (Å²) in [7, 11) is 0. The van der Waals surface area contributed by atoms with Gasteiger partial charge in [-0.3, -0.25) is 0 Å². The van der Waals surface area contributed by atoms with Gasteiger partial charge < -0.3 is 4.90 Å². The summed E-state index contributed by atoms with van der Waals surface area (Å²) in [6.07, 6.45) is 5.76. The van der Waals surface area contributed by atoms with Gasteiger partial charge in [-0.05, 0) is 18.9 Å². The maximum Gasteiger partial charge on any atom is 0.225 e. The average molecular weight is 198 g/mol. The van der Waals surface area contributed by atoms with E-state index >= 15 is 0 Å². The van der Waals surface area contributed by atoms with E-state index in [2.05, 4.69) is 14.9 Å². The van der Waals surface area contributed by atoms with Crippen molar-refractivity contribution in [1.82, 2.24) is 9.97 Å². The largest absolute Gasteiger partial charge is 0.339 e. The van der Waals surface area contributed by atoms with Crippen LogP contribution in [0.5, 0.6) is 0 Å². The number of alkyl halides is 1. The molecular weight excluding hydrogens is 186 g/mol. The Morgan fingerprint density at radius 1 is 1.38 bits per heavy atom. The lowest BCUT2D eigenvalue weighted by molar-refractivity contribution is 0.574. The third-order valence-corrected chi connectivity index (χ3v) is 2.56. The van der Waals surface area contributed by atoms with Crippen molar-refractivity contribution in [3.8, 4) is 0 Å². The van der Waals surface area contributed by atoms with Crippen LogP contribution in [0.15, 0.2) is 18.5 Å². The van der Waals surface area contributed by atoms with E-state index in [1.165, 1.54) is 0 Å². The molecule has 0 amide bonds. The first kappa shape index (κ1) is 8.75. The van der Waals surface area contributed by atoms with Gasteiger partial charge in [-0.2, -0.15) is 0 Å². The van der Waals surface area contributed by atoms with E-state index in [4.69, 9.17) is 11.6 Å². The van der Waals surface area contributed by atoms with Crippen molar-refractivity contribution in [2.45, 2.75) is 18.2 Å². The van der Waals surface area contributed by atoms with E-state index in [1.807, 2.05) is 6.07 Å². The van der Waals surface area contributed by atoms with Crippen LogP contribution >= 0.6 is 11.6 Å². The zero-order chi connectivity index (χ0) is 9.10. The van der Waals surface area contributed by atoms with E-state index in [9.17, 15) is 0 Å². The highest BCUT2D eigenvalue weighted by Gasteiger charge is 2.19. The minimum Gasteiger partial charge on any atom is -0.339 e. The molecular formula is C9H12ClN3. The molecule has 1 aromatic rings. The van der Waals surface area contributed by atoms with Crippen LogP contribution in [-0.4, -0.2) is 28.4 Å². The second-order valence-electron chi connectivity index (χ2n) is 3.23. The average Bonchev–Trinajstić information content (AvgIpc) is 2.19. The van der Waals surface area contributed by atoms with Gasteiger partial charge in [-0.15, -0.1) is 11.6 Å². The minimum atomic E-state index is 0.248. The van der Waals surface area contributed by atoms with Gasteiger partial charge >= 0.3 is 0 Å². The fraction of sp³-hybridized carbons (Fsp3) is 0.556. The molecule has 0 aromatic carbocycles. The number of halogens is 1. The molecule has 2 heterocycles. The van der Waals surface area contributed by atoms with Crippen LogP contribution in [0.4, 0.5) is 5.95 Å². The first-order valence-electron chi connectivity index (χ1n) is 4.52. The summed E-state index contributed by atoms with van der Waals surface area (Å²) in [5.41, 5.74) is 0. The molecule has 2 rings (SSSR count). The van der Waals surface area contributed by atoms with E-state index in [1.54, 1.807) is 12.4 Å². The second-order valence-corrected chi connectivity index (χ2v) is 3.85. The highest BCUT2D eigenvalue weighted by molar-refractivity contribution is 6.21. The molecule has 1 atom stereocenters. The van der Waals surface area contributed by atoms with Crippen LogP contribution in [0, 0.1) is 0 Å². The molecule has 1 fully saturated rings. The first-order valence-corrected chi connectivity index (χ1v) is 4.96. The lowest BCUT2D eigenvalue weighted by Crippen LogP contribution is -2.36. The fourth-order valence-electron chi connectivity index (χ4n) is 1.56. The third-order valence-electron chi connectivity index (χ3n) is 2.20. The van der Waals surface area contributed by atoms with Crippen molar-refractivity contribution >= 4 is 17.5 Å². The van der Waals surface area contributed by atoms with Crippen LogP contribution in [0.3, 0.4) is 0 Å². The molecule has 1 aromatic heterocycles. The molecule has 0 aliphatic carbocycles. The molecule has 0 saturated carbocycles. The molecule has 70 valence electrons. The highest BCUT2D eigenvalue weighted by atomic mass is 35.5. The van der Waals surface area contributed by atoms with Crippen LogP contribution in [0.2, 0.25) is 0 Å². The summed E-state index contributed by atoms with van der Waals surface area (Å²) in [5.74, 6) is 0.799. The molecule has 0 spiro atoms. The van der Waals surface area contributed by atoms with E-state index < -0.39 is 0 Å². The lowest BCUT2D eigenvalue weighted by Gasteiger charge is -2.29. The van der Waals surface area contributed by atoms with Gasteiger partial charge in [0.15, 0.2) is 0 Å². The van der Waals surface area contributed by atoms with Crippen LogP contribution in [0.1, 0.15) is 12.8 Å². The predicted molar refractivity (Wildman–Crippen MR) is 53.1 cm³/mol. The summed E-state index contributed by atoms with van der Waals surface area (Å²) in [4.78, 5) is 10.5. The predicted octanol–water partition coefficient (Wildman–Crippen LogP) is 1.68. The zero-order valence-corrected chi connectivity index (χ0v) is 8.11. The van der Waals surface area contributed by atoms with Crippen molar-refractivity contribution in [3.05, 3.63) is 18.5 Å². The topological polar surface area (TPSA) is 29.0 Å². The van der Waals surface area contributed by atoms with Gasteiger partial charge in [0, 0.05) is 25.5 Å². The Balaban J connectivity index is 2.08. The molecule has 0 N–H and O–H groups in total. The van der Waals surface area contributed by atoms with Gasteiger partial charge in [0.05, 0.1) is 5.38 Å². The molecule has 0 bridgehead atoms. The second kappa shape index (κ2) is 3.92. The normalized spacial score (nSPS) is 23.2. The first-order chi connectivity index (χ1) is 6.36. The van der Waals surface area contributed by atoms with Crippen molar-refractivity contribution in [3.63, 3.8) is 0 Å². The zero-order valence-electron chi connectivity index (χ0n) is 7.36. The van der Waals surface area contributed by atoms with E-state index in [-0.39, 0.29) is 5.38 Å². The van der Waals surface area contributed by atoms with Crippen molar-refractivity contribution in [2.24, 2.45) is 0 Å². The maximum absolute atomic E-state index is 6.06. The molecule has 1 aliphatic heterocycles. The standard InChI is InChI=1S/C9H12ClN3/c10-8-3-1-6-13(7-8)9-11-4-2-5-12-9/h2,4-5,8H,1,3,6-7H2. The minimum absolute atomic E-state index is 0.248. The number of hydrogen-bond donors (Lipinski definition) is 0. The Kier molecular flexibility index (Phi) is 2.64. The van der Waals surface area contributed by atoms with E-state index in [0.717, 1.165) is 31.9 Å². The number of rotatable bonds is 1. The van der Waals surface area contributed by atoms with Gasteiger partial charge in [-0.25, -0.2) is 9.97 Å². The van der Waals surface area contributed by atoms with Crippen molar-refractivity contribution in [1.29, 1.82) is 0 Å². The van der Waals surface area contributed by atoms with E-state index in [0.29, 0.717) is 0 Å². The monoisotopic (exact) mass is 197 g/mol. The van der Waals surface area contributed by atoms with Crippen molar-refractivity contribution in [2.75, 3.05) is 18.0 Å². The van der Waals surface area contributed by atoms with Gasteiger partial charge in [0.25, 0.3) is 0 Å². The van der Waals surface area contributed by atoms with Crippen molar-refractivity contribution < 1.29 is 0 Å². The Morgan fingerprint density at radius 2 is 2.15 bits per heavy atom. The summed E-state index contributed by atoms with van der Waals surface area (Å²) >= 11 is 6.06.